The second kappa shape index (κ2) is 12.1. The number of aliphatic hydroxyl groups excluding tert-OH is 1. The summed E-state index contributed by atoms with van der Waals surface area (Å²) in [5.74, 6) is -1.90. The van der Waals surface area contributed by atoms with Gasteiger partial charge >= 0.3 is 0 Å². The minimum absolute atomic E-state index is 0.0563. The standard InChI is InChI=1S/C29H33BrClN3O6/c1-2-39-18-12-10-17(11-13-18)32-26(36)22-23-28(38)34(14-6-3-7-15-35)25(29(23)16-19(30)24(22)40-29)27(37)33-21-9-5-4-8-20(21)31/h4-5,8-13,19,22-25,35H,2-3,6-7,14-16H2,1H3,(H,32,36)(H,33,37)/t19?,22-,23+,24-,25?,29?/m1/s1. The molecule has 1 spiro atoms. The first-order valence-corrected chi connectivity index (χ1v) is 14.9. The first kappa shape index (κ1) is 28.9. The van der Waals surface area contributed by atoms with Crippen LogP contribution in [0, 0.1) is 11.8 Å². The van der Waals surface area contributed by atoms with Gasteiger partial charge < -0.3 is 30.1 Å². The van der Waals surface area contributed by atoms with E-state index in [1.165, 1.54) is 0 Å². The highest BCUT2D eigenvalue weighted by atomic mass is 79.9. The largest absolute Gasteiger partial charge is 0.494 e. The third-order valence-electron chi connectivity index (χ3n) is 7.96. The molecule has 214 valence electrons. The van der Waals surface area contributed by atoms with Crippen LogP contribution in [0.15, 0.2) is 48.5 Å². The molecule has 3 saturated heterocycles. The molecule has 0 aromatic heterocycles. The smallest absolute Gasteiger partial charge is 0.250 e. The highest BCUT2D eigenvalue weighted by molar-refractivity contribution is 9.09. The van der Waals surface area contributed by atoms with E-state index >= 15 is 0 Å². The number of carbonyl (C=O) groups is 3. The maximum atomic E-state index is 14.0. The number of benzene rings is 2. The first-order valence-electron chi connectivity index (χ1n) is 13.6. The van der Waals surface area contributed by atoms with Crippen molar-refractivity contribution >= 4 is 56.6 Å². The van der Waals surface area contributed by atoms with E-state index < -0.39 is 35.5 Å². The third-order valence-corrected chi connectivity index (χ3v) is 9.14. The van der Waals surface area contributed by atoms with E-state index in [0.717, 1.165) is 0 Å². The van der Waals surface area contributed by atoms with Crippen molar-refractivity contribution in [2.45, 2.75) is 55.2 Å². The van der Waals surface area contributed by atoms with Crippen molar-refractivity contribution in [3.05, 3.63) is 53.6 Å². The lowest BCUT2D eigenvalue weighted by Gasteiger charge is -2.34. The number of likely N-dealkylation sites (tertiary alicyclic amines) is 1. The van der Waals surface area contributed by atoms with E-state index in [4.69, 9.17) is 21.1 Å². The van der Waals surface area contributed by atoms with Crippen molar-refractivity contribution in [1.29, 1.82) is 0 Å². The van der Waals surface area contributed by atoms with Gasteiger partial charge in [0.1, 0.15) is 17.4 Å². The molecule has 3 aliphatic heterocycles. The summed E-state index contributed by atoms with van der Waals surface area (Å²) in [6.45, 7) is 2.80. The number of carbonyl (C=O) groups excluding carboxylic acids is 3. The van der Waals surface area contributed by atoms with Gasteiger partial charge in [-0.2, -0.15) is 0 Å². The monoisotopic (exact) mass is 633 g/mol. The van der Waals surface area contributed by atoms with Crippen LogP contribution in [-0.4, -0.2) is 70.1 Å². The van der Waals surface area contributed by atoms with Gasteiger partial charge in [0.15, 0.2) is 0 Å². The fourth-order valence-corrected chi connectivity index (χ4v) is 7.46. The van der Waals surface area contributed by atoms with Gasteiger partial charge in [-0.05, 0) is 69.0 Å². The Morgan fingerprint density at radius 1 is 1.12 bits per heavy atom. The summed E-state index contributed by atoms with van der Waals surface area (Å²) in [7, 11) is 0. The molecule has 40 heavy (non-hydrogen) atoms. The van der Waals surface area contributed by atoms with Crippen LogP contribution in [0.1, 0.15) is 32.6 Å². The van der Waals surface area contributed by atoms with Gasteiger partial charge in [-0.25, -0.2) is 0 Å². The summed E-state index contributed by atoms with van der Waals surface area (Å²) >= 11 is 10.0. The molecule has 2 aromatic rings. The molecule has 2 bridgehead atoms. The zero-order chi connectivity index (χ0) is 28.4. The second-order valence-electron chi connectivity index (χ2n) is 10.4. The Hall–Kier alpha value is -2.66. The normalized spacial score (nSPS) is 28.4. The number of rotatable bonds is 11. The van der Waals surface area contributed by atoms with Gasteiger partial charge in [-0.15, -0.1) is 0 Å². The molecule has 0 radical (unpaired) electrons. The minimum Gasteiger partial charge on any atom is -0.494 e. The molecule has 0 saturated carbocycles. The van der Waals surface area contributed by atoms with Crippen molar-refractivity contribution in [2.75, 3.05) is 30.4 Å². The molecule has 11 heteroatoms. The summed E-state index contributed by atoms with van der Waals surface area (Å²) < 4.78 is 12.0. The topological polar surface area (TPSA) is 117 Å². The van der Waals surface area contributed by atoms with Crippen molar-refractivity contribution in [2.24, 2.45) is 11.8 Å². The van der Waals surface area contributed by atoms with Crippen LogP contribution in [0.3, 0.4) is 0 Å². The van der Waals surface area contributed by atoms with E-state index in [1.54, 1.807) is 53.4 Å². The van der Waals surface area contributed by atoms with Crippen LogP contribution in [0.5, 0.6) is 5.75 Å². The summed E-state index contributed by atoms with van der Waals surface area (Å²) in [4.78, 5) is 43.0. The van der Waals surface area contributed by atoms with Crippen LogP contribution in [0.4, 0.5) is 11.4 Å². The Morgan fingerprint density at radius 2 is 1.88 bits per heavy atom. The number of anilines is 2. The molecule has 2 aromatic carbocycles. The molecule has 0 aliphatic carbocycles. The van der Waals surface area contributed by atoms with E-state index in [1.807, 2.05) is 6.92 Å². The SMILES string of the molecule is CCOc1ccc(NC(=O)[C@H]2[C@@H]3OC4(CC3Br)C(C(=O)Nc3ccccc3Cl)N(CCCCCO)C(=O)[C@H]24)cc1. The summed E-state index contributed by atoms with van der Waals surface area (Å²) in [5, 5.41) is 15.4. The van der Waals surface area contributed by atoms with Crippen molar-refractivity contribution in [3.63, 3.8) is 0 Å². The van der Waals surface area contributed by atoms with Crippen molar-refractivity contribution in [3.8, 4) is 5.75 Å². The van der Waals surface area contributed by atoms with Gasteiger partial charge in [-0.1, -0.05) is 39.7 Å². The summed E-state index contributed by atoms with van der Waals surface area (Å²) in [5.41, 5.74) is -0.149. The van der Waals surface area contributed by atoms with Crippen molar-refractivity contribution in [1.82, 2.24) is 4.90 Å². The van der Waals surface area contributed by atoms with Crippen LogP contribution in [-0.2, 0) is 19.1 Å². The summed E-state index contributed by atoms with van der Waals surface area (Å²) in [6, 6.07) is 13.0. The average molecular weight is 635 g/mol. The quantitative estimate of drug-likeness (QED) is 0.252. The number of nitrogens with zero attached hydrogens (tertiary/aromatic N) is 1. The molecule has 3 aliphatic rings. The highest BCUT2D eigenvalue weighted by Gasteiger charge is 2.76. The van der Waals surface area contributed by atoms with Gasteiger partial charge in [0, 0.05) is 23.7 Å². The van der Waals surface area contributed by atoms with Crippen LogP contribution < -0.4 is 15.4 Å². The number of alkyl halides is 1. The van der Waals surface area contributed by atoms with E-state index in [0.29, 0.717) is 61.0 Å². The lowest BCUT2D eigenvalue weighted by molar-refractivity contribution is -0.139. The van der Waals surface area contributed by atoms with Gasteiger partial charge in [0.2, 0.25) is 17.7 Å². The maximum Gasteiger partial charge on any atom is 0.250 e. The predicted molar refractivity (Wildman–Crippen MR) is 155 cm³/mol. The number of fused-ring (bicyclic) bond motifs is 1. The lowest BCUT2D eigenvalue weighted by atomic mass is 9.70. The molecule has 3 unspecified atom stereocenters. The number of unbranched alkanes of at least 4 members (excludes halogenated alkanes) is 2. The molecule has 6 atom stereocenters. The van der Waals surface area contributed by atoms with Crippen LogP contribution in [0.2, 0.25) is 5.02 Å². The third kappa shape index (κ3) is 5.22. The van der Waals surface area contributed by atoms with Gasteiger partial charge in [-0.3, -0.25) is 14.4 Å². The number of aliphatic hydroxyl groups is 1. The predicted octanol–water partition coefficient (Wildman–Crippen LogP) is 4.23. The molecule has 3 N–H and O–H groups in total. The maximum absolute atomic E-state index is 14.0. The number of hydrogen-bond acceptors (Lipinski definition) is 6. The Balaban J connectivity index is 1.44. The zero-order valence-electron chi connectivity index (χ0n) is 22.1. The van der Waals surface area contributed by atoms with E-state index in [2.05, 4.69) is 26.6 Å². The number of ether oxygens (including phenoxy) is 2. The molecule has 5 rings (SSSR count). The Bertz CT molecular complexity index is 1260. The highest BCUT2D eigenvalue weighted by Crippen LogP contribution is 2.60. The van der Waals surface area contributed by atoms with Gasteiger partial charge in [0.25, 0.3) is 0 Å². The van der Waals surface area contributed by atoms with E-state index in [-0.39, 0.29) is 23.2 Å². The molecular formula is C29H33BrClN3O6. The molecule has 3 heterocycles. The second-order valence-corrected chi connectivity index (χ2v) is 12.0. The number of para-hydroxylation sites is 1. The summed E-state index contributed by atoms with van der Waals surface area (Å²) in [6.07, 6.45) is 1.75. The Morgan fingerprint density at radius 3 is 2.58 bits per heavy atom. The average Bonchev–Trinajstić information content (AvgIpc) is 3.52. The fourth-order valence-electron chi connectivity index (χ4n) is 6.33. The fraction of sp³-hybridized carbons (Fsp3) is 0.483. The molecule has 3 amide bonds. The number of hydrogen-bond donors (Lipinski definition) is 3. The van der Waals surface area contributed by atoms with Crippen molar-refractivity contribution < 1.29 is 29.0 Å². The van der Waals surface area contributed by atoms with E-state index in [9.17, 15) is 19.5 Å². The van der Waals surface area contributed by atoms with Crippen LogP contribution >= 0.6 is 27.5 Å². The lowest BCUT2D eigenvalue weighted by Crippen LogP contribution is -2.54. The van der Waals surface area contributed by atoms with Crippen LogP contribution in [0.25, 0.3) is 0 Å². The van der Waals surface area contributed by atoms with Gasteiger partial charge in [0.05, 0.1) is 35.3 Å². The molecular weight excluding hydrogens is 602 g/mol. The number of halogens is 2. The first-order chi connectivity index (χ1) is 19.3. The number of nitrogens with one attached hydrogen (secondary N) is 2. The number of amides is 3. The Kier molecular flexibility index (Phi) is 8.70. The Labute approximate surface area is 246 Å². The minimum atomic E-state index is -1.17. The molecule has 3 fully saturated rings. The zero-order valence-corrected chi connectivity index (χ0v) is 24.5. The molecule has 9 nitrogen and oxygen atoms in total.